The Morgan fingerprint density at radius 1 is 1.62 bits per heavy atom. The maximum Gasteiger partial charge on any atom is 0.407 e. The van der Waals surface area contributed by atoms with Crippen LogP contribution in [0.5, 0.6) is 0 Å². The van der Waals surface area contributed by atoms with Crippen LogP contribution in [0, 0.1) is 5.92 Å². The molecule has 2 N–H and O–H groups in total. The highest BCUT2D eigenvalue weighted by Crippen LogP contribution is 2.24. The summed E-state index contributed by atoms with van der Waals surface area (Å²) in [5.41, 5.74) is 0. The summed E-state index contributed by atoms with van der Waals surface area (Å²) in [7, 11) is 0. The molecule has 0 aromatic heterocycles. The first-order valence-electron chi connectivity index (χ1n) is 4.82. The van der Waals surface area contributed by atoms with Crippen molar-refractivity contribution in [2.45, 2.75) is 32.2 Å². The Morgan fingerprint density at radius 3 is 3.00 bits per heavy atom. The normalized spacial score (nSPS) is 27.2. The predicted octanol–water partition coefficient (Wildman–Crippen LogP) is 0.893. The number of rotatable bonds is 3. The number of ether oxygens (including phenoxy) is 1. The molecule has 1 aliphatic carbocycles. The molecule has 1 aliphatic rings. The summed E-state index contributed by atoms with van der Waals surface area (Å²) in [4.78, 5) is 11.0. The van der Waals surface area contributed by atoms with Crippen molar-refractivity contribution < 1.29 is 14.6 Å². The van der Waals surface area contributed by atoms with Crippen molar-refractivity contribution in [2.24, 2.45) is 5.92 Å². The highest BCUT2D eigenvalue weighted by Gasteiger charge is 2.27. The van der Waals surface area contributed by atoms with E-state index in [4.69, 9.17) is 9.84 Å². The fraction of sp³-hybridized carbons (Fsp3) is 0.889. The van der Waals surface area contributed by atoms with Gasteiger partial charge in [-0.3, -0.25) is 0 Å². The average molecular weight is 187 g/mol. The van der Waals surface area contributed by atoms with Crippen LogP contribution >= 0.6 is 0 Å². The summed E-state index contributed by atoms with van der Waals surface area (Å²) in [6, 6.07) is 0.101. The first-order chi connectivity index (χ1) is 6.27. The smallest absolute Gasteiger partial charge is 0.407 e. The molecule has 0 radical (unpaired) electrons. The highest BCUT2D eigenvalue weighted by atomic mass is 16.5. The van der Waals surface area contributed by atoms with Crippen molar-refractivity contribution in [1.29, 1.82) is 0 Å². The van der Waals surface area contributed by atoms with Crippen LogP contribution in [-0.4, -0.2) is 30.5 Å². The predicted molar refractivity (Wildman–Crippen MR) is 48.4 cm³/mol. The summed E-state index contributed by atoms with van der Waals surface area (Å²) >= 11 is 0. The van der Waals surface area contributed by atoms with E-state index >= 15 is 0 Å². The SMILES string of the molecule is CCOC(=O)NC1CCCC1CO. The van der Waals surface area contributed by atoms with Gasteiger partial charge in [-0.15, -0.1) is 0 Å². The van der Waals surface area contributed by atoms with Gasteiger partial charge in [0.25, 0.3) is 0 Å². The Morgan fingerprint density at radius 2 is 2.38 bits per heavy atom. The number of carbonyl (C=O) groups is 1. The molecule has 4 heteroatoms. The van der Waals surface area contributed by atoms with Crippen LogP contribution in [0.1, 0.15) is 26.2 Å². The van der Waals surface area contributed by atoms with Gasteiger partial charge in [-0.2, -0.15) is 0 Å². The molecule has 4 nitrogen and oxygen atoms in total. The van der Waals surface area contributed by atoms with Gasteiger partial charge in [0, 0.05) is 18.6 Å². The van der Waals surface area contributed by atoms with E-state index in [2.05, 4.69) is 5.32 Å². The minimum Gasteiger partial charge on any atom is -0.450 e. The molecule has 0 saturated heterocycles. The molecule has 76 valence electrons. The number of carbonyl (C=O) groups excluding carboxylic acids is 1. The van der Waals surface area contributed by atoms with Gasteiger partial charge in [-0.1, -0.05) is 6.42 Å². The third kappa shape index (κ3) is 2.88. The lowest BCUT2D eigenvalue weighted by Crippen LogP contribution is -2.38. The maximum absolute atomic E-state index is 11.0. The number of aliphatic hydroxyl groups is 1. The van der Waals surface area contributed by atoms with E-state index < -0.39 is 0 Å². The largest absolute Gasteiger partial charge is 0.450 e. The van der Waals surface area contributed by atoms with Crippen molar-refractivity contribution in [3.63, 3.8) is 0 Å². The summed E-state index contributed by atoms with van der Waals surface area (Å²) in [5, 5.41) is 11.7. The van der Waals surface area contributed by atoms with Gasteiger partial charge >= 0.3 is 6.09 Å². The summed E-state index contributed by atoms with van der Waals surface area (Å²) in [5.74, 6) is 0.212. The number of hydrogen-bond donors (Lipinski definition) is 2. The molecule has 0 heterocycles. The van der Waals surface area contributed by atoms with Crippen LogP contribution in [0.2, 0.25) is 0 Å². The van der Waals surface area contributed by atoms with Gasteiger partial charge in [0.2, 0.25) is 0 Å². The summed E-state index contributed by atoms with van der Waals surface area (Å²) < 4.78 is 4.76. The second-order valence-electron chi connectivity index (χ2n) is 3.34. The average Bonchev–Trinajstić information content (AvgIpc) is 2.52. The molecular formula is C9H17NO3. The van der Waals surface area contributed by atoms with Crippen LogP contribution in [0.15, 0.2) is 0 Å². The molecule has 13 heavy (non-hydrogen) atoms. The van der Waals surface area contributed by atoms with Crippen LogP contribution in [0.25, 0.3) is 0 Å². The van der Waals surface area contributed by atoms with E-state index in [1.807, 2.05) is 0 Å². The monoisotopic (exact) mass is 187 g/mol. The molecule has 1 saturated carbocycles. The fourth-order valence-corrected chi connectivity index (χ4v) is 1.77. The number of amides is 1. The Balaban J connectivity index is 2.30. The highest BCUT2D eigenvalue weighted by molar-refractivity contribution is 5.67. The van der Waals surface area contributed by atoms with E-state index in [1.165, 1.54) is 0 Å². The second kappa shape index (κ2) is 5.07. The first kappa shape index (κ1) is 10.3. The molecule has 0 aromatic carbocycles. The summed E-state index contributed by atoms with van der Waals surface area (Å²) in [6.45, 7) is 2.32. The molecule has 0 aliphatic heterocycles. The zero-order valence-corrected chi connectivity index (χ0v) is 7.95. The lowest BCUT2D eigenvalue weighted by Gasteiger charge is -2.18. The molecule has 1 fully saturated rings. The number of aliphatic hydroxyl groups excluding tert-OH is 1. The van der Waals surface area contributed by atoms with Crippen LogP contribution in [0.4, 0.5) is 4.79 Å². The Hall–Kier alpha value is -0.770. The standard InChI is InChI=1S/C9H17NO3/c1-2-13-9(12)10-8-5-3-4-7(8)6-11/h7-8,11H,2-6H2,1H3,(H,10,12). The van der Waals surface area contributed by atoms with Crippen molar-refractivity contribution in [2.75, 3.05) is 13.2 Å². The van der Waals surface area contributed by atoms with Crippen molar-refractivity contribution >= 4 is 6.09 Å². The van der Waals surface area contributed by atoms with Crippen LogP contribution in [-0.2, 0) is 4.74 Å². The van der Waals surface area contributed by atoms with E-state index in [9.17, 15) is 4.79 Å². The number of alkyl carbamates (subject to hydrolysis) is 1. The molecule has 2 unspecified atom stereocenters. The number of nitrogens with one attached hydrogen (secondary N) is 1. The molecule has 0 aromatic rings. The molecule has 1 amide bonds. The molecule has 1 rings (SSSR count). The van der Waals surface area contributed by atoms with Gasteiger partial charge in [0.1, 0.15) is 0 Å². The van der Waals surface area contributed by atoms with Gasteiger partial charge in [-0.25, -0.2) is 4.79 Å². The third-order valence-electron chi connectivity index (χ3n) is 2.47. The minimum atomic E-state index is -0.368. The van der Waals surface area contributed by atoms with Gasteiger partial charge in [0.05, 0.1) is 6.61 Å². The fourth-order valence-electron chi connectivity index (χ4n) is 1.77. The van der Waals surface area contributed by atoms with E-state index in [0.717, 1.165) is 19.3 Å². The lowest BCUT2D eigenvalue weighted by atomic mass is 10.1. The van der Waals surface area contributed by atoms with E-state index in [-0.39, 0.29) is 24.7 Å². The summed E-state index contributed by atoms with van der Waals surface area (Å²) in [6.07, 6.45) is 2.65. The molecule has 0 spiro atoms. The number of hydrogen-bond acceptors (Lipinski definition) is 3. The van der Waals surface area contributed by atoms with Gasteiger partial charge in [0.15, 0.2) is 0 Å². The quantitative estimate of drug-likeness (QED) is 0.690. The Bertz CT molecular complexity index is 172. The van der Waals surface area contributed by atoms with Gasteiger partial charge in [-0.05, 0) is 19.8 Å². The minimum absolute atomic E-state index is 0.101. The van der Waals surface area contributed by atoms with E-state index in [0.29, 0.717) is 6.61 Å². The topological polar surface area (TPSA) is 58.6 Å². The van der Waals surface area contributed by atoms with E-state index in [1.54, 1.807) is 6.92 Å². The Kier molecular flexibility index (Phi) is 4.02. The molecule has 2 atom stereocenters. The molecule has 0 bridgehead atoms. The van der Waals surface area contributed by atoms with Crippen LogP contribution < -0.4 is 5.32 Å². The van der Waals surface area contributed by atoms with Gasteiger partial charge < -0.3 is 15.2 Å². The second-order valence-corrected chi connectivity index (χ2v) is 3.34. The van der Waals surface area contributed by atoms with Crippen molar-refractivity contribution in [3.05, 3.63) is 0 Å². The molecular weight excluding hydrogens is 170 g/mol. The maximum atomic E-state index is 11.0. The lowest BCUT2D eigenvalue weighted by molar-refractivity contribution is 0.139. The zero-order valence-electron chi connectivity index (χ0n) is 7.95. The Labute approximate surface area is 78.3 Å². The third-order valence-corrected chi connectivity index (χ3v) is 2.47. The van der Waals surface area contributed by atoms with Crippen molar-refractivity contribution in [1.82, 2.24) is 5.32 Å². The van der Waals surface area contributed by atoms with Crippen LogP contribution in [0.3, 0.4) is 0 Å². The first-order valence-corrected chi connectivity index (χ1v) is 4.82. The van der Waals surface area contributed by atoms with Crippen molar-refractivity contribution in [3.8, 4) is 0 Å². The zero-order chi connectivity index (χ0) is 9.68.